The molecule has 1 aliphatic heterocycles. The van der Waals surface area contributed by atoms with Gasteiger partial charge in [0.15, 0.2) is 0 Å². The summed E-state index contributed by atoms with van der Waals surface area (Å²) in [6, 6.07) is 11.6. The number of methoxy groups -OCH3 is 2. The first-order valence-electron chi connectivity index (χ1n) is 10.6. The van der Waals surface area contributed by atoms with Gasteiger partial charge >= 0.3 is 0 Å². The van der Waals surface area contributed by atoms with Gasteiger partial charge in [-0.3, -0.25) is 9.59 Å². The van der Waals surface area contributed by atoms with Crippen molar-refractivity contribution in [2.75, 3.05) is 32.2 Å². The standard InChI is InChI=1S/C24H28N4O4/c1-14-12-27(13-15(2)28(14)16(3)29)18-8-6-17(7-9-18)23-25-20-10-19(31-4)11-21(32-5)22(20)24(30)26-23/h6-11,14-15H,12-13H2,1-5H3,(H,25,26,30)/t14-,15+. The Morgan fingerprint density at radius 2 is 1.72 bits per heavy atom. The molecule has 32 heavy (non-hydrogen) atoms. The predicted molar refractivity (Wildman–Crippen MR) is 125 cm³/mol. The highest BCUT2D eigenvalue weighted by molar-refractivity contribution is 5.87. The van der Waals surface area contributed by atoms with Crippen LogP contribution in [0.3, 0.4) is 0 Å². The Morgan fingerprint density at radius 3 is 2.28 bits per heavy atom. The normalized spacial score (nSPS) is 18.7. The van der Waals surface area contributed by atoms with Crippen LogP contribution in [0.15, 0.2) is 41.2 Å². The number of hydrogen-bond donors (Lipinski definition) is 1. The lowest BCUT2D eigenvalue weighted by atomic mass is 10.1. The van der Waals surface area contributed by atoms with Crippen molar-refractivity contribution in [3.8, 4) is 22.9 Å². The number of carbonyl (C=O) groups is 1. The molecule has 1 amide bonds. The van der Waals surface area contributed by atoms with E-state index < -0.39 is 0 Å². The number of amides is 1. The molecule has 168 valence electrons. The molecule has 2 aromatic carbocycles. The minimum absolute atomic E-state index is 0.111. The van der Waals surface area contributed by atoms with Crippen LogP contribution in [0, 0.1) is 0 Å². The van der Waals surface area contributed by atoms with E-state index in [0.717, 1.165) is 24.3 Å². The van der Waals surface area contributed by atoms with Gasteiger partial charge < -0.3 is 24.3 Å². The Bertz CT molecular complexity index is 1190. The molecule has 2 atom stereocenters. The van der Waals surface area contributed by atoms with Crippen molar-refractivity contribution < 1.29 is 14.3 Å². The lowest BCUT2D eigenvalue weighted by molar-refractivity contribution is -0.133. The number of anilines is 1. The number of H-pyrrole nitrogens is 1. The number of piperazine rings is 1. The number of rotatable bonds is 4. The molecular weight excluding hydrogens is 408 g/mol. The molecule has 1 saturated heterocycles. The third kappa shape index (κ3) is 3.88. The molecule has 4 rings (SSSR count). The molecule has 0 aliphatic carbocycles. The lowest BCUT2D eigenvalue weighted by Crippen LogP contribution is -2.58. The topological polar surface area (TPSA) is 87.8 Å². The van der Waals surface area contributed by atoms with Gasteiger partial charge in [-0.15, -0.1) is 0 Å². The SMILES string of the molecule is COc1cc(OC)c2c(=O)[nH]c(-c3ccc(N4C[C@@H](C)N(C(C)=O)[C@@H](C)C4)cc3)nc2c1. The molecule has 0 saturated carbocycles. The second-order valence-electron chi connectivity index (χ2n) is 8.21. The molecule has 2 heterocycles. The minimum atomic E-state index is -0.267. The van der Waals surface area contributed by atoms with Gasteiger partial charge in [-0.25, -0.2) is 4.98 Å². The monoisotopic (exact) mass is 436 g/mol. The van der Waals surface area contributed by atoms with Gasteiger partial charge in [0.25, 0.3) is 5.56 Å². The quantitative estimate of drug-likeness (QED) is 0.676. The van der Waals surface area contributed by atoms with Gasteiger partial charge in [0.2, 0.25) is 5.91 Å². The second-order valence-corrected chi connectivity index (χ2v) is 8.21. The molecule has 8 nitrogen and oxygen atoms in total. The summed E-state index contributed by atoms with van der Waals surface area (Å²) in [6.07, 6.45) is 0. The molecule has 0 radical (unpaired) electrons. The van der Waals surface area contributed by atoms with Crippen LogP contribution in [0.5, 0.6) is 11.5 Å². The summed E-state index contributed by atoms with van der Waals surface area (Å²) in [5, 5.41) is 0.389. The Kier molecular flexibility index (Phi) is 5.78. The van der Waals surface area contributed by atoms with Crippen LogP contribution in [0.25, 0.3) is 22.3 Å². The van der Waals surface area contributed by atoms with Gasteiger partial charge in [0.1, 0.15) is 22.7 Å². The average Bonchev–Trinajstić information content (AvgIpc) is 2.77. The number of hydrogen-bond acceptors (Lipinski definition) is 6. The van der Waals surface area contributed by atoms with E-state index in [4.69, 9.17) is 9.47 Å². The van der Waals surface area contributed by atoms with Gasteiger partial charge in [0, 0.05) is 55.5 Å². The summed E-state index contributed by atoms with van der Waals surface area (Å²) in [7, 11) is 3.07. The first-order chi connectivity index (χ1) is 15.3. The van der Waals surface area contributed by atoms with Crippen LogP contribution in [-0.2, 0) is 4.79 Å². The van der Waals surface area contributed by atoms with Crippen LogP contribution in [0.4, 0.5) is 5.69 Å². The Labute approximate surface area is 186 Å². The average molecular weight is 437 g/mol. The molecule has 0 bridgehead atoms. The van der Waals surface area contributed by atoms with E-state index in [1.54, 1.807) is 26.2 Å². The number of aromatic amines is 1. The smallest absolute Gasteiger partial charge is 0.262 e. The lowest BCUT2D eigenvalue weighted by Gasteiger charge is -2.45. The number of fused-ring (bicyclic) bond motifs is 1. The van der Waals surface area contributed by atoms with Crippen LogP contribution in [0.2, 0.25) is 0 Å². The highest BCUT2D eigenvalue weighted by atomic mass is 16.5. The van der Waals surface area contributed by atoms with Gasteiger partial charge in [-0.1, -0.05) is 0 Å². The van der Waals surface area contributed by atoms with E-state index in [9.17, 15) is 9.59 Å². The Morgan fingerprint density at radius 1 is 1.06 bits per heavy atom. The van der Waals surface area contributed by atoms with Crippen molar-refractivity contribution in [3.05, 3.63) is 46.8 Å². The molecule has 1 aliphatic rings. The number of nitrogens with one attached hydrogen (secondary N) is 1. The zero-order valence-electron chi connectivity index (χ0n) is 19.0. The fourth-order valence-electron chi connectivity index (χ4n) is 4.61. The molecule has 0 spiro atoms. The van der Waals surface area contributed by atoms with Crippen molar-refractivity contribution in [2.24, 2.45) is 0 Å². The molecular formula is C24H28N4O4. The van der Waals surface area contributed by atoms with E-state index in [2.05, 4.69) is 28.7 Å². The molecule has 1 fully saturated rings. The van der Waals surface area contributed by atoms with Gasteiger partial charge in [-0.05, 0) is 38.1 Å². The fourth-order valence-corrected chi connectivity index (χ4v) is 4.61. The number of benzene rings is 2. The molecule has 0 unspecified atom stereocenters. The maximum Gasteiger partial charge on any atom is 0.262 e. The van der Waals surface area contributed by atoms with E-state index in [0.29, 0.717) is 28.2 Å². The third-order valence-electron chi connectivity index (χ3n) is 5.99. The minimum Gasteiger partial charge on any atom is -0.497 e. The first kappa shape index (κ1) is 21.7. The van der Waals surface area contributed by atoms with Gasteiger partial charge in [-0.2, -0.15) is 0 Å². The maximum atomic E-state index is 12.8. The van der Waals surface area contributed by atoms with Crippen LogP contribution >= 0.6 is 0 Å². The highest BCUT2D eigenvalue weighted by Gasteiger charge is 2.31. The third-order valence-corrected chi connectivity index (χ3v) is 5.99. The molecule has 1 N–H and O–H groups in total. The summed E-state index contributed by atoms with van der Waals surface area (Å²) >= 11 is 0. The number of carbonyl (C=O) groups excluding carboxylic acids is 1. The summed E-state index contributed by atoms with van der Waals surface area (Å²) in [6.45, 7) is 7.32. The second kappa shape index (κ2) is 8.53. The summed E-state index contributed by atoms with van der Waals surface area (Å²) in [5.41, 5.74) is 2.11. The molecule has 1 aromatic heterocycles. The van der Waals surface area contributed by atoms with Crippen molar-refractivity contribution >= 4 is 22.5 Å². The van der Waals surface area contributed by atoms with Crippen LogP contribution < -0.4 is 19.9 Å². The maximum absolute atomic E-state index is 12.8. The van der Waals surface area contributed by atoms with Crippen LogP contribution in [-0.4, -0.2) is 60.2 Å². The number of aromatic nitrogens is 2. The fraction of sp³-hybridized carbons (Fsp3) is 0.375. The van der Waals surface area contributed by atoms with Gasteiger partial charge in [0.05, 0.1) is 19.7 Å². The Balaban J connectivity index is 1.65. The van der Waals surface area contributed by atoms with E-state index in [1.165, 1.54) is 7.11 Å². The number of nitrogens with zero attached hydrogens (tertiary/aromatic N) is 3. The Hall–Kier alpha value is -3.55. The van der Waals surface area contributed by atoms with Crippen molar-refractivity contribution in [2.45, 2.75) is 32.9 Å². The highest BCUT2D eigenvalue weighted by Crippen LogP contribution is 2.30. The largest absolute Gasteiger partial charge is 0.497 e. The van der Waals surface area contributed by atoms with E-state index in [-0.39, 0.29) is 23.6 Å². The molecule has 3 aromatic rings. The predicted octanol–water partition coefficient (Wildman–Crippen LogP) is 3.05. The van der Waals surface area contributed by atoms with E-state index in [1.807, 2.05) is 29.2 Å². The zero-order valence-corrected chi connectivity index (χ0v) is 19.0. The van der Waals surface area contributed by atoms with E-state index >= 15 is 0 Å². The van der Waals surface area contributed by atoms with Crippen molar-refractivity contribution in [3.63, 3.8) is 0 Å². The summed E-state index contributed by atoms with van der Waals surface area (Å²) in [4.78, 5) is 36.4. The zero-order chi connectivity index (χ0) is 23.0. The van der Waals surface area contributed by atoms with Crippen molar-refractivity contribution in [1.29, 1.82) is 0 Å². The van der Waals surface area contributed by atoms with Crippen LogP contribution in [0.1, 0.15) is 20.8 Å². The molecule has 8 heteroatoms. The summed E-state index contributed by atoms with van der Waals surface area (Å²) < 4.78 is 10.7. The summed E-state index contributed by atoms with van der Waals surface area (Å²) in [5.74, 6) is 1.58. The van der Waals surface area contributed by atoms with Crippen molar-refractivity contribution in [1.82, 2.24) is 14.9 Å². The first-order valence-corrected chi connectivity index (χ1v) is 10.6. The number of ether oxygens (including phenoxy) is 2.